The van der Waals surface area contributed by atoms with E-state index < -0.39 is 0 Å². The third-order valence-electron chi connectivity index (χ3n) is 4.98. The van der Waals surface area contributed by atoms with Crippen LogP contribution in [0.5, 0.6) is 0 Å². The fourth-order valence-corrected chi connectivity index (χ4v) is 3.47. The van der Waals surface area contributed by atoms with Crippen LogP contribution >= 0.6 is 0 Å². The molecule has 1 aliphatic rings. The van der Waals surface area contributed by atoms with Crippen LogP contribution in [0, 0.1) is 0 Å². The summed E-state index contributed by atoms with van der Waals surface area (Å²) in [7, 11) is 0. The van der Waals surface area contributed by atoms with Crippen molar-refractivity contribution in [2.75, 3.05) is 16.8 Å². The third kappa shape index (κ3) is 4.09. The van der Waals surface area contributed by atoms with Crippen LogP contribution in [0.1, 0.15) is 28.4 Å². The van der Waals surface area contributed by atoms with E-state index in [-0.39, 0.29) is 11.8 Å². The maximum absolute atomic E-state index is 12.8. The molecule has 5 nitrogen and oxygen atoms in total. The van der Waals surface area contributed by atoms with Gasteiger partial charge in [-0.15, -0.1) is 0 Å². The Labute approximate surface area is 169 Å². The van der Waals surface area contributed by atoms with Crippen LogP contribution in [-0.4, -0.2) is 23.3 Å². The Hall–Kier alpha value is -3.73. The van der Waals surface area contributed by atoms with Crippen LogP contribution in [0.2, 0.25) is 0 Å². The summed E-state index contributed by atoms with van der Waals surface area (Å²) in [6, 6.07) is 19.0. The number of carbonyl (C=O) groups is 2. The van der Waals surface area contributed by atoms with Gasteiger partial charge in [0.2, 0.25) is 5.91 Å². The van der Waals surface area contributed by atoms with E-state index in [1.807, 2.05) is 55.5 Å². The molecule has 3 aromatic rings. The topological polar surface area (TPSA) is 62.3 Å². The molecule has 29 heavy (non-hydrogen) atoms. The maximum atomic E-state index is 12.8. The molecule has 0 bridgehead atoms. The van der Waals surface area contributed by atoms with Crippen LogP contribution in [0.4, 0.5) is 11.4 Å². The normalized spacial score (nSPS) is 13.1. The highest BCUT2D eigenvalue weighted by Crippen LogP contribution is 2.32. The van der Waals surface area contributed by atoms with Gasteiger partial charge in [0.25, 0.3) is 5.91 Å². The van der Waals surface area contributed by atoms with Gasteiger partial charge in [0.1, 0.15) is 0 Å². The van der Waals surface area contributed by atoms with E-state index in [4.69, 9.17) is 0 Å². The lowest BCUT2D eigenvalue weighted by molar-refractivity contribution is -0.111. The lowest BCUT2D eigenvalue weighted by Gasteiger charge is -2.18. The summed E-state index contributed by atoms with van der Waals surface area (Å²) in [6.45, 7) is 2.53. The summed E-state index contributed by atoms with van der Waals surface area (Å²) in [5.41, 5.74) is 5.03. The van der Waals surface area contributed by atoms with Crippen molar-refractivity contribution in [1.29, 1.82) is 0 Å². The van der Waals surface area contributed by atoms with Crippen LogP contribution < -0.4 is 10.2 Å². The molecule has 1 aliphatic heterocycles. The first-order valence-electron chi connectivity index (χ1n) is 9.51. The number of rotatable bonds is 4. The first-order chi connectivity index (χ1) is 14.1. The number of carbonyl (C=O) groups excluding carboxylic acids is 2. The zero-order valence-corrected chi connectivity index (χ0v) is 16.1. The summed E-state index contributed by atoms with van der Waals surface area (Å²) in [5, 5.41) is 2.91. The quantitative estimate of drug-likeness (QED) is 0.682. The van der Waals surface area contributed by atoms with Crippen molar-refractivity contribution in [1.82, 2.24) is 4.98 Å². The first-order valence-corrected chi connectivity index (χ1v) is 9.51. The molecule has 1 N–H and O–H groups in total. The second-order valence-electron chi connectivity index (χ2n) is 6.97. The monoisotopic (exact) mass is 383 g/mol. The van der Waals surface area contributed by atoms with Crippen molar-refractivity contribution in [3.63, 3.8) is 0 Å². The molecule has 5 heteroatoms. The van der Waals surface area contributed by atoms with E-state index in [1.54, 1.807) is 35.5 Å². The second-order valence-corrected chi connectivity index (χ2v) is 6.97. The van der Waals surface area contributed by atoms with Gasteiger partial charge in [0.05, 0.1) is 5.56 Å². The molecule has 1 aromatic heterocycles. The minimum Gasteiger partial charge on any atom is -0.322 e. The third-order valence-corrected chi connectivity index (χ3v) is 4.98. The summed E-state index contributed by atoms with van der Waals surface area (Å²) in [4.78, 5) is 31.1. The van der Waals surface area contributed by atoms with E-state index in [2.05, 4.69) is 10.3 Å². The van der Waals surface area contributed by atoms with Gasteiger partial charge in [0.15, 0.2) is 0 Å². The van der Waals surface area contributed by atoms with Gasteiger partial charge < -0.3 is 10.2 Å². The zero-order valence-electron chi connectivity index (χ0n) is 16.1. The molecule has 2 amide bonds. The molecular formula is C24H21N3O2. The Bertz CT molecular complexity index is 1080. The van der Waals surface area contributed by atoms with Crippen LogP contribution in [0.25, 0.3) is 5.57 Å². The summed E-state index contributed by atoms with van der Waals surface area (Å²) >= 11 is 0. The fraction of sp³-hybridized carbons (Fsp3) is 0.125. The Balaban J connectivity index is 1.52. The van der Waals surface area contributed by atoms with Crippen molar-refractivity contribution in [2.45, 2.75) is 13.3 Å². The van der Waals surface area contributed by atoms with Crippen molar-refractivity contribution in [2.24, 2.45) is 0 Å². The number of pyridine rings is 1. The SMILES string of the molecule is C/C(=C\C(=O)Nc1ccc2c(c1)N(C(=O)c1cccnc1)CC2)c1ccccc1. The van der Waals surface area contributed by atoms with Crippen molar-refractivity contribution in [3.05, 3.63) is 95.8 Å². The molecular weight excluding hydrogens is 362 g/mol. The second kappa shape index (κ2) is 8.10. The predicted molar refractivity (Wildman–Crippen MR) is 115 cm³/mol. The molecule has 0 fully saturated rings. The van der Waals surface area contributed by atoms with E-state index >= 15 is 0 Å². The standard InChI is InChI=1S/C24H21N3O2/c1-17(18-6-3-2-4-7-18)14-23(28)26-21-10-9-19-11-13-27(22(19)15-21)24(29)20-8-5-12-25-16-20/h2-10,12,14-16H,11,13H2,1H3,(H,26,28)/b17-14+. The molecule has 0 atom stereocenters. The number of nitrogens with one attached hydrogen (secondary N) is 1. The lowest BCUT2D eigenvalue weighted by Crippen LogP contribution is -2.29. The number of benzene rings is 2. The number of fused-ring (bicyclic) bond motifs is 1. The van der Waals surface area contributed by atoms with Gasteiger partial charge in [-0.2, -0.15) is 0 Å². The number of hydrogen-bond donors (Lipinski definition) is 1. The molecule has 0 saturated carbocycles. The minimum atomic E-state index is -0.200. The average molecular weight is 383 g/mol. The zero-order chi connectivity index (χ0) is 20.2. The molecule has 0 spiro atoms. The average Bonchev–Trinajstić information content (AvgIpc) is 3.17. The number of amides is 2. The van der Waals surface area contributed by atoms with Gasteiger partial charge >= 0.3 is 0 Å². The smallest absolute Gasteiger partial charge is 0.259 e. The molecule has 144 valence electrons. The highest BCUT2D eigenvalue weighted by atomic mass is 16.2. The Morgan fingerprint density at radius 1 is 1.03 bits per heavy atom. The molecule has 2 heterocycles. The summed E-state index contributed by atoms with van der Waals surface area (Å²) in [6.07, 6.45) is 5.60. The fourth-order valence-electron chi connectivity index (χ4n) is 3.47. The van der Waals surface area contributed by atoms with Gasteiger partial charge in [-0.1, -0.05) is 36.4 Å². The van der Waals surface area contributed by atoms with E-state index in [1.165, 1.54) is 0 Å². The first kappa shape index (κ1) is 18.6. The Morgan fingerprint density at radius 3 is 2.59 bits per heavy atom. The minimum absolute atomic E-state index is 0.0832. The largest absolute Gasteiger partial charge is 0.322 e. The van der Waals surface area contributed by atoms with E-state index in [0.717, 1.165) is 28.8 Å². The number of aromatic nitrogens is 1. The van der Waals surface area contributed by atoms with Crippen molar-refractivity contribution < 1.29 is 9.59 Å². The van der Waals surface area contributed by atoms with Crippen LogP contribution in [-0.2, 0) is 11.2 Å². The summed E-state index contributed by atoms with van der Waals surface area (Å²) < 4.78 is 0. The number of hydrogen-bond acceptors (Lipinski definition) is 3. The molecule has 4 rings (SSSR count). The highest BCUT2D eigenvalue weighted by molar-refractivity contribution is 6.08. The van der Waals surface area contributed by atoms with Gasteiger partial charge in [-0.05, 0) is 54.3 Å². The molecule has 0 aliphatic carbocycles. The van der Waals surface area contributed by atoms with Crippen LogP contribution in [0.15, 0.2) is 79.1 Å². The predicted octanol–water partition coefficient (Wildman–Crippen LogP) is 4.33. The van der Waals surface area contributed by atoms with E-state index in [0.29, 0.717) is 17.8 Å². The number of anilines is 2. The van der Waals surface area contributed by atoms with Crippen molar-refractivity contribution in [3.8, 4) is 0 Å². The van der Waals surface area contributed by atoms with Gasteiger partial charge in [0, 0.05) is 36.4 Å². The summed E-state index contributed by atoms with van der Waals surface area (Å²) in [5.74, 6) is -0.283. The molecule has 2 aromatic carbocycles. The van der Waals surface area contributed by atoms with E-state index in [9.17, 15) is 9.59 Å². The maximum Gasteiger partial charge on any atom is 0.259 e. The van der Waals surface area contributed by atoms with Gasteiger partial charge in [-0.3, -0.25) is 14.6 Å². The molecule has 0 saturated heterocycles. The van der Waals surface area contributed by atoms with Crippen LogP contribution in [0.3, 0.4) is 0 Å². The number of allylic oxidation sites excluding steroid dienone is 1. The Morgan fingerprint density at radius 2 is 1.83 bits per heavy atom. The number of nitrogens with zero attached hydrogens (tertiary/aromatic N) is 2. The Kier molecular flexibility index (Phi) is 5.20. The lowest BCUT2D eigenvalue weighted by atomic mass is 10.1. The molecule has 0 radical (unpaired) electrons. The van der Waals surface area contributed by atoms with Crippen molar-refractivity contribution >= 4 is 28.8 Å². The highest BCUT2D eigenvalue weighted by Gasteiger charge is 2.26. The van der Waals surface area contributed by atoms with Gasteiger partial charge in [-0.25, -0.2) is 0 Å². The molecule has 0 unspecified atom stereocenters.